The van der Waals surface area contributed by atoms with Crippen LogP contribution in [0.3, 0.4) is 0 Å². The molecule has 1 fully saturated rings. The maximum absolute atomic E-state index is 11.0. The van der Waals surface area contributed by atoms with Crippen LogP contribution in [0.5, 0.6) is 0 Å². The Bertz CT molecular complexity index is 217. The fourth-order valence-electron chi connectivity index (χ4n) is 1.93. The van der Waals surface area contributed by atoms with Crippen LogP contribution in [0.25, 0.3) is 0 Å². The zero-order chi connectivity index (χ0) is 12.0. The standard InChI is InChI=1S/C10H20N2O4/c1-16-8-9(10(14)15)12-4-2-11(3-5-12)6-7-13/h9,13H,2-8H2,1H3,(H,14,15). The van der Waals surface area contributed by atoms with E-state index in [4.69, 9.17) is 14.9 Å². The molecule has 0 saturated carbocycles. The van der Waals surface area contributed by atoms with Crippen LogP contribution in [0, 0.1) is 0 Å². The third-order valence-electron chi connectivity index (χ3n) is 2.87. The molecule has 0 bridgehead atoms. The molecule has 1 aliphatic rings. The molecule has 6 nitrogen and oxygen atoms in total. The first-order chi connectivity index (χ1) is 7.69. The number of piperazine rings is 1. The van der Waals surface area contributed by atoms with Crippen LogP contribution in [0.1, 0.15) is 0 Å². The van der Waals surface area contributed by atoms with Gasteiger partial charge in [-0.25, -0.2) is 0 Å². The van der Waals surface area contributed by atoms with E-state index in [0.29, 0.717) is 19.6 Å². The van der Waals surface area contributed by atoms with E-state index in [2.05, 4.69) is 4.90 Å². The number of aliphatic carboxylic acids is 1. The molecule has 0 spiro atoms. The summed E-state index contributed by atoms with van der Waals surface area (Å²) in [6, 6.07) is -0.554. The van der Waals surface area contributed by atoms with Crippen molar-refractivity contribution in [2.45, 2.75) is 6.04 Å². The van der Waals surface area contributed by atoms with E-state index in [9.17, 15) is 4.79 Å². The van der Waals surface area contributed by atoms with Gasteiger partial charge in [-0.15, -0.1) is 0 Å². The van der Waals surface area contributed by atoms with Gasteiger partial charge in [0.05, 0.1) is 13.2 Å². The summed E-state index contributed by atoms with van der Waals surface area (Å²) in [6.45, 7) is 4.05. The molecular weight excluding hydrogens is 212 g/mol. The summed E-state index contributed by atoms with van der Waals surface area (Å²) in [5.74, 6) is -0.836. The third kappa shape index (κ3) is 3.71. The zero-order valence-corrected chi connectivity index (χ0v) is 9.63. The Morgan fingerprint density at radius 1 is 1.38 bits per heavy atom. The summed E-state index contributed by atoms with van der Waals surface area (Å²) in [5.41, 5.74) is 0. The van der Waals surface area contributed by atoms with Crippen LogP contribution in [0.2, 0.25) is 0 Å². The molecule has 1 saturated heterocycles. The molecule has 1 atom stereocenters. The molecule has 1 heterocycles. The van der Waals surface area contributed by atoms with Crippen molar-refractivity contribution in [2.24, 2.45) is 0 Å². The molecule has 0 aromatic carbocycles. The Balaban J connectivity index is 2.41. The van der Waals surface area contributed by atoms with Crippen LogP contribution >= 0.6 is 0 Å². The molecule has 1 aliphatic heterocycles. The molecule has 6 heteroatoms. The quantitative estimate of drug-likeness (QED) is 0.593. The number of carboxylic acid groups (broad SMARTS) is 1. The highest BCUT2D eigenvalue weighted by atomic mass is 16.5. The van der Waals surface area contributed by atoms with Crippen molar-refractivity contribution in [3.05, 3.63) is 0 Å². The van der Waals surface area contributed by atoms with Crippen LogP contribution in [0.15, 0.2) is 0 Å². The van der Waals surface area contributed by atoms with Gasteiger partial charge in [-0.3, -0.25) is 14.6 Å². The lowest BCUT2D eigenvalue weighted by Gasteiger charge is -2.37. The van der Waals surface area contributed by atoms with E-state index >= 15 is 0 Å². The number of ether oxygens (including phenoxy) is 1. The number of aliphatic hydroxyl groups excluding tert-OH is 1. The Morgan fingerprint density at radius 2 is 2.00 bits per heavy atom. The van der Waals surface area contributed by atoms with E-state index < -0.39 is 12.0 Å². The minimum absolute atomic E-state index is 0.153. The highest BCUT2D eigenvalue weighted by Gasteiger charge is 2.28. The van der Waals surface area contributed by atoms with Gasteiger partial charge in [0.25, 0.3) is 0 Å². The maximum atomic E-state index is 11.0. The molecule has 2 N–H and O–H groups in total. The molecule has 1 unspecified atom stereocenters. The largest absolute Gasteiger partial charge is 0.480 e. The number of hydrogen-bond acceptors (Lipinski definition) is 5. The van der Waals surface area contributed by atoms with E-state index in [1.54, 1.807) is 0 Å². The van der Waals surface area contributed by atoms with Gasteiger partial charge in [0, 0.05) is 39.8 Å². The predicted molar refractivity (Wildman–Crippen MR) is 58.4 cm³/mol. The number of aliphatic hydroxyl groups is 1. The van der Waals surface area contributed by atoms with Crippen molar-refractivity contribution >= 4 is 5.97 Å². The van der Waals surface area contributed by atoms with Crippen LogP contribution in [-0.2, 0) is 9.53 Å². The Labute approximate surface area is 95.4 Å². The fraction of sp³-hybridized carbons (Fsp3) is 0.900. The summed E-state index contributed by atoms with van der Waals surface area (Å²) in [5, 5.41) is 17.8. The average Bonchev–Trinajstić information content (AvgIpc) is 2.27. The summed E-state index contributed by atoms with van der Waals surface area (Å²) < 4.78 is 4.92. The first kappa shape index (κ1) is 13.4. The van der Waals surface area contributed by atoms with E-state index in [-0.39, 0.29) is 13.2 Å². The maximum Gasteiger partial charge on any atom is 0.323 e. The average molecular weight is 232 g/mol. The molecule has 1 rings (SSSR count). The minimum atomic E-state index is -0.836. The van der Waals surface area contributed by atoms with Crippen molar-refractivity contribution in [3.63, 3.8) is 0 Å². The van der Waals surface area contributed by atoms with Crippen molar-refractivity contribution in [1.29, 1.82) is 0 Å². The number of carbonyl (C=O) groups is 1. The highest BCUT2D eigenvalue weighted by molar-refractivity contribution is 5.73. The van der Waals surface area contributed by atoms with Gasteiger partial charge in [0.1, 0.15) is 6.04 Å². The molecule has 0 aromatic heterocycles. The van der Waals surface area contributed by atoms with Crippen molar-refractivity contribution in [3.8, 4) is 0 Å². The molecule has 0 aliphatic carbocycles. The highest BCUT2D eigenvalue weighted by Crippen LogP contribution is 2.07. The smallest absolute Gasteiger partial charge is 0.323 e. The topological polar surface area (TPSA) is 73.2 Å². The number of rotatable bonds is 6. The van der Waals surface area contributed by atoms with Crippen LogP contribution in [-0.4, -0.2) is 85.1 Å². The molecule has 0 aromatic rings. The normalized spacial score (nSPS) is 20.9. The summed E-state index contributed by atoms with van der Waals surface area (Å²) >= 11 is 0. The van der Waals surface area contributed by atoms with Gasteiger partial charge in [-0.2, -0.15) is 0 Å². The summed E-state index contributed by atoms with van der Waals surface area (Å²) in [4.78, 5) is 15.1. The molecular formula is C10H20N2O4. The van der Waals surface area contributed by atoms with Crippen molar-refractivity contribution < 1.29 is 19.7 Å². The molecule has 94 valence electrons. The summed E-state index contributed by atoms with van der Waals surface area (Å²) in [6.07, 6.45) is 0. The van der Waals surface area contributed by atoms with E-state index in [1.807, 2.05) is 4.90 Å². The van der Waals surface area contributed by atoms with Gasteiger partial charge < -0.3 is 14.9 Å². The monoisotopic (exact) mass is 232 g/mol. The molecule has 16 heavy (non-hydrogen) atoms. The molecule has 0 radical (unpaired) electrons. The van der Waals surface area contributed by atoms with Gasteiger partial charge in [-0.05, 0) is 0 Å². The predicted octanol–water partition coefficient (Wildman–Crippen LogP) is -1.30. The summed E-state index contributed by atoms with van der Waals surface area (Å²) in [7, 11) is 1.51. The second-order valence-corrected chi connectivity index (χ2v) is 3.91. The van der Waals surface area contributed by atoms with Crippen LogP contribution < -0.4 is 0 Å². The second-order valence-electron chi connectivity index (χ2n) is 3.91. The number of β-amino-alcohol motifs (C(OH)–C–C–N with tert-alkyl or cyclic N) is 1. The Hall–Kier alpha value is -0.690. The Morgan fingerprint density at radius 3 is 2.44 bits per heavy atom. The number of nitrogens with zero attached hydrogens (tertiary/aromatic N) is 2. The molecule has 0 amide bonds. The number of carboxylic acids is 1. The second kappa shape index (κ2) is 6.80. The van der Waals surface area contributed by atoms with Crippen molar-refractivity contribution in [1.82, 2.24) is 9.80 Å². The van der Waals surface area contributed by atoms with E-state index in [1.165, 1.54) is 7.11 Å². The lowest BCUT2D eigenvalue weighted by atomic mass is 10.2. The van der Waals surface area contributed by atoms with Crippen molar-refractivity contribution in [2.75, 3.05) is 53.0 Å². The Kier molecular flexibility index (Phi) is 5.68. The lowest BCUT2D eigenvalue weighted by molar-refractivity contribution is -0.146. The minimum Gasteiger partial charge on any atom is -0.480 e. The number of hydrogen-bond donors (Lipinski definition) is 2. The number of methoxy groups -OCH3 is 1. The SMILES string of the molecule is COCC(C(=O)O)N1CCN(CCO)CC1. The van der Waals surface area contributed by atoms with Gasteiger partial charge in [-0.1, -0.05) is 0 Å². The van der Waals surface area contributed by atoms with E-state index in [0.717, 1.165) is 13.1 Å². The first-order valence-corrected chi connectivity index (χ1v) is 5.48. The lowest BCUT2D eigenvalue weighted by Crippen LogP contribution is -2.54. The van der Waals surface area contributed by atoms with Gasteiger partial charge in [0.2, 0.25) is 0 Å². The first-order valence-electron chi connectivity index (χ1n) is 5.48. The fourth-order valence-corrected chi connectivity index (χ4v) is 1.93. The van der Waals surface area contributed by atoms with Gasteiger partial charge in [0.15, 0.2) is 0 Å². The van der Waals surface area contributed by atoms with Gasteiger partial charge >= 0.3 is 5.97 Å². The van der Waals surface area contributed by atoms with Crippen LogP contribution in [0.4, 0.5) is 0 Å². The zero-order valence-electron chi connectivity index (χ0n) is 9.63. The third-order valence-corrected chi connectivity index (χ3v) is 2.87.